The summed E-state index contributed by atoms with van der Waals surface area (Å²) in [6.07, 6.45) is 6.81. The van der Waals surface area contributed by atoms with Crippen LogP contribution in [0.2, 0.25) is 0 Å². The Bertz CT molecular complexity index is 398. The first-order chi connectivity index (χ1) is 9.07. The molecule has 0 amide bonds. The molecule has 108 valence electrons. The Morgan fingerprint density at radius 3 is 2.47 bits per heavy atom. The van der Waals surface area contributed by atoms with Gasteiger partial charge in [-0.05, 0) is 25.7 Å². The lowest BCUT2D eigenvalue weighted by Crippen LogP contribution is -2.38. The van der Waals surface area contributed by atoms with Gasteiger partial charge in [0.15, 0.2) is 0 Å². The Morgan fingerprint density at radius 2 is 1.95 bits per heavy atom. The topological polar surface area (TPSA) is 74.2 Å². The number of nitrogens with zero attached hydrogens (tertiary/aromatic N) is 2. The highest BCUT2D eigenvalue weighted by Crippen LogP contribution is 2.32. The van der Waals surface area contributed by atoms with Crippen molar-refractivity contribution >= 4 is 0 Å². The van der Waals surface area contributed by atoms with Crippen LogP contribution in [0.5, 0.6) is 0 Å². The molecule has 0 unspecified atom stereocenters. The van der Waals surface area contributed by atoms with E-state index in [1.54, 1.807) is 7.11 Å². The lowest BCUT2D eigenvalue weighted by atomic mass is 9.94. The molecule has 0 atom stereocenters. The highest BCUT2D eigenvalue weighted by Gasteiger charge is 2.36. The lowest BCUT2D eigenvalue weighted by molar-refractivity contribution is -0.0306. The van der Waals surface area contributed by atoms with Crippen LogP contribution in [0.15, 0.2) is 4.52 Å². The van der Waals surface area contributed by atoms with Gasteiger partial charge in [-0.1, -0.05) is 31.8 Å². The lowest BCUT2D eigenvalue weighted by Gasteiger charge is -2.26. The maximum atomic E-state index is 6.35. The Kier molecular flexibility index (Phi) is 4.26. The minimum absolute atomic E-state index is 0.155. The molecule has 1 aliphatic rings. The minimum Gasteiger partial charge on any atom is -0.370 e. The number of ether oxygens (including phenoxy) is 1. The third kappa shape index (κ3) is 2.82. The Balaban J connectivity index is 2.14. The van der Waals surface area contributed by atoms with Gasteiger partial charge in [0.05, 0.1) is 0 Å². The monoisotopic (exact) mass is 267 g/mol. The molecular weight excluding hydrogens is 242 g/mol. The molecule has 0 bridgehead atoms. The Labute approximate surface area is 114 Å². The average Bonchev–Trinajstić information content (AvgIpc) is 3.03. The molecule has 0 saturated heterocycles. The van der Waals surface area contributed by atoms with Crippen LogP contribution in [-0.4, -0.2) is 22.8 Å². The van der Waals surface area contributed by atoms with Gasteiger partial charge in [-0.25, -0.2) is 0 Å². The van der Waals surface area contributed by atoms with E-state index in [1.807, 2.05) is 0 Å². The first-order valence-electron chi connectivity index (χ1n) is 7.24. The van der Waals surface area contributed by atoms with Crippen LogP contribution < -0.4 is 5.73 Å². The fourth-order valence-electron chi connectivity index (χ4n) is 3.01. The van der Waals surface area contributed by atoms with E-state index in [2.05, 4.69) is 24.0 Å². The predicted molar refractivity (Wildman–Crippen MR) is 72.7 cm³/mol. The molecule has 1 fully saturated rings. The van der Waals surface area contributed by atoms with Gasteiger partial charge in [-0.2, -0.15) is 4.98 Å². The molecular formula is C14H25N3O2. The van der Waals surface area contributed by atoms with E-state index in [9.17, 15) is 0 Å². The number of hydrogen-bond donors (Lipinski definition) is 1. The zero-order valence-corrected chi connectivity index (χ0v) is 12.2. The quantitative estimate of drug-likeness (QED) is 0.857. The number of methoxy groups -OCH3 is 1. The fourth-order valence-corrected chi connectivity index (χ4v) is 3.01. The van der Waals surface area contributed by atoms with Crippen molar-refractivity contribution in [1.82, 2.24) is 10.1 Å². The third-order valence-corrected chi connectivity index (χ3v) is 4.51. The summed E-state index contributed by atoms with van der Waals surface area (Å²) < 4.78 is 11.0. The molecule has 2 rings (SSSR count). The van der Waals surface area contributed by atoms with E-state index in [0.717, 1.165) is 25.7 Å². The molecule has 0 aliphatic heterocycles. The van der Waals surface area contributed by atoms with Crippen LogP contribution >= 0.6 is 0 Å². The summed E-state index contributed by atoms with van der Waals surface area (Å²) >= 11 is 0. The van der Waals surface area contributed by atoms with E-state index < -0.39 is 5.60 Å². The summed E-state index contributed by atoms with van der Waals surface area (Å²) in [7, 11) is 1.70. The smallest absolute Gasteiger partial charge is 0.228 e. The normalized spacial score (nSPS) is 18.9. The number of rotatable bonds is 6. The molecule has 1 heterocycles. The van der Waals surface area contributed by atoms with Crippen LogP contribution in [0.4, 0.5) is 0 Å². The zero-order chi connectivity index (χ0) is 13.9. The summed E-state index contributed by atoms with van der Waals surface area (Å²) in [6, 6.07) is 0. The van der Waals surface area contributed by atoms with Crippen molar-refractivity contribution in [2.45, 2.75) is 69.9 Å². The molecule has 1 saturated carbocycles. The van der Waals surface area contributed by atoms with Gasteiger partial charge in [0.25, 0.3) is 0 Å². The van der Waals surface area contributed by atoms with Crippen molar-refractivity contribution in [3.8, 4) is 0 Å². The second-order valence-corrected chi connectivity index (χ2v) is 5.66. The Morgan fingerprint density at radius 1 is 1.32 bits per heavy atom. The van der Waals surface area contributed by atoms with Crippen molar-refractivity contribution in [3.05, 3.63) is 11.7 Å². The van der Waals surface area contributed by atoms with Gasteiger partial charge in [0, 0.05) is 19.1 Å². The van der Waals surface area contributed by atoms with Crippen molar-refractivity contribution in [3.63, 3.8) is 0 Å². The van der Waals surface area contributed by atoms with E-state index in [1.165, 1.54) is 12.8 Å². The van der Waals surface area contributed by atoms with Crippen LogP contribution in [0.3, 0.4) is 0 Å². The summed E-state index contributed by atoms with van der Waals surface area (Å²) in [5.74, 6) is 1.29. The van der Waals surface area contributed by atoms with Crippen molar-refractivity contribution in [2.75, 3.05) is 7.11 Å². The Hall–Kier alpha value is -0.940. The first-order valence-corrected chi connectivity index (χ1v) is 7.24. The van der Waals surface area contributed by atoms with E-state index in [-0.39, 0.29) is 5.54 Å². The van der Waals surface area contributed by atoms with Crippen LogP contribution in [0.25, 0.3) is 0 Å². The van der Waals surface area contributed by atoms with Crippen molar-refractivity contribution in [1.29, 1.82) is 0 Å². The van der Waals surface area contributed by atoms with E-state index in [4.69, 9.17) is 15.0 Å². The summed E-state index contributed by atoms with van der Waals surface area (Å²) in [5.41, 5.74) is 5.76. The second kappa shape index (κ2) is 5.59. The number of hydrogen-bond acceptors (Lipinski definition) is 5. The zero-order valence-electron chi connectivity index (χ0n) is 12.2. The van der Waals surface area contributed by atoms with Gasteiger partial charge in [0.2, 0.25) is 11.7 Å². The van der Waals surface area contributed by atoms with Gasteiger partial charge in [0.1, 0.15) is 5.60 Å². The van der Waals surface area contributed by atoms with Crippen molar-refractivity contribution in [2.24, 2.45) is 5.73 Å². The SMILES string of the molecule is CCC(CC)(OC)c1noc(CC2(N)CCCC2)n1. The predicted octanol–water partition coefficient (Wildman–Crippen LogP) is 2.55. The highest BCUT2D eigenvalue weighted by atomic mass is 16.5. The summed E-state index contributed by atoms with van der Waals surface area (Å²) in [6.45, 7) is 4.15. The molecule has 2 N–H and O–H groups in total. The first kappa shape index (κ1) is 14.5. The molecule has 5 nitrogen and oxygen atoms in total. The van der Waals surface area contributed by atoms with Gasteiger partial charge in [-0.3, -0.25) is 0 Å². The van der Waals surface area contributed by atoms with Crippen LogP contribution in [0, 0.1) is 0 Å². The second-order valence-electron chi connectivity index (χ2n) is 5.66. The van der Waals surface area contributed by atoms with E-state index >= 15 is 0 Å². The average molecular weight is 267 g/mol. The molecule has 1 aromatic rings. The minimum atomic E-state index is -0.431. The highest BCUT2D eigenvalue weighted by molar-refractivity contribution is 5.04. The van der Waals surface area contributed by atoms with E-state index in [0.29, 0.717) is 18.1 Å². The number of aromatic nitrogens is 2. The molecule has 5 heteroatoms. The fraction of sp³-hybridized carbons (Fsp3) is 0.857. The van der Waals surface area contributed by atoms with Crippen LogP contribution in [0.1, 0.15) is 64.1 Å². The third-order valence-electron chi connectivity index (χ3n) is 4.51. The standard InChI is InChI=1S/C14H25N3O2/c1-4-14(5-2,18-3)12-16-11(19-17-12)10-13(15)8-6-7-9-13/h4-10,15H2,1-3H3. The largest absolute Gasteiger partial charge is 0.370 e. The van der Waals surface area contributed by atoms with Gasteiger partial charge in [-0.15, -0.1) is 0 Å². The maximum absolute atomic E-state index is 6.35. The summed E-state index contributed by atoms with van der Waals surface area (Å²) in [4.78, 5) is 4.52. The maximum Gasteiger partial charge on any atom is 0.228 e. The van der Waals surface area contributed by atoms with Gasteiger partial charge >= 0.3 is 0 Å². The van der Waals surface area contributed by atoms with Gasteiger partial charge < -0.3 is 15.0 Å². The van der Waals surface area contributed by atoms with Crippen LogP contribution in [-0.2, 0) is 16.8 Å². The number of nitrogens with two attached hydrogens (primary N) is 1. The molecule has 0 radical (unpaired) electrons. The molecule has 0 spiro atoms. The van der Waals surface area contributed by atoms with Crippen molar-refractivity contribution < 1.29 is 9.26 Å². The molecule has 0 aromatic carbocycles. The summed E-state index contributed by atoms with van der Waals surface area (Å²) in [5, 5.41) is 4.11. The molecule has 19 heavy (non-hydrogen) atoms. The molecule has 1 aliphatic carbocycles. The molecule has 1 aromatic heterocycles.